The van der Waals surface area contributed by atoms with Crippen LogP contribution in [0, 0.1) is 0 Å². The number of likely N-dealkylation sites (tertiary alicyclic amines) is 1. The van der Waals surface area contributed by atoms with Crippen LogP contribution in [0.25, 0.3) is 0 Å². The van der Waals surface area contributed by atoms with Crippen molar-refractivity contribution in [1.82, 2.24) is 9.80 Å². The van der Waals surface area contributed by atoms with Crippen molar-refractivity contribution >= 4 is 5.91 Å². The lowest BCUT2D eigenvalue weighted by Gasteiger charge is -2.31. The van der Waals surface area contributed by atoms with Gasteiger partial charge in [0.2, 0.25) is 5.91 Å². The molecule has 0 spiro atoms. The number of nitrogens with two attached hydrogens (primary N) is 1. The Bertz CT molecular complexity index is 238. The van der Waals surface area contributed by atoms with Gasteiger partial charge in [-0.05, 0) is 25.8 Å². The van der Waals surface area contributed by atoms with Crippen LogP contribution in [0.1, 0.15) is 25.7 Å². The third kappa shape index (κ3) is 5.80. The van der Waals surface area contributed by atoms with Gasteiger partial charge in [-0.2, -0.15) is 0 Å². The fourth-order valence-electron chi connectivity index (χ4n) is 2.21. The van der Waals surface area contributed by atoms with Gasteiger partial charge in [0.25, 0.3) is 0 Å². The van der Waals surface area contributed by atoms with Crippen molar-refractivity contribution in [3.8, 4) is 0 Å². The average Bonchev–Trinajstić information content (AvgIpc) is 2.37. The monoisotopic (exact) mass is 257 g/mol. The highest BCUT2D eigenvalue weighted by molar-refractivity contribution is 5.75. The largest absolute Gasteiger partial charge is 0.377 e. The van der Waals surface area contributed by atoms with Crippen LogP contribution in [-0.2, 0) is 9.53 Å². The minimum Gasteiger partial charge on any atom is -0.377 e. The first-order valence-corrected chi connectivity index (χ1v) is 6.87. The van der Waals surface area contributed by atoms with Crippen LogP contribution in [0.5, 0.6) is 0 Å². The lowest BCUT2D eigenvalue weighted by Crippen LogP contribution is -2.38. The van der Waals surface area contributed by atoms with E-state index in [2.05, 4.69) is 4.90 Å². The van der Waals surface area contributed by atoms with Crippen LogP contribution in [0.2, 0.25) is 0 Å². The highest BCUT2D eigenvalue weighted by Gasteiger charge is 2.19. The molecule has 5 nitrogen and oxygen atoms in total. The smallest absolute Gasteiger partial charge is 0.222 e. The predicted octanol–water partition coefficient (Wildman–Crippen LogP) is 0.295. The Morgan fingerprint density at radius 1 is 1.39 bits per heavy atom. The van der Waals surface area contributed by atoms with Crippen LogP contribution >= 0.6 is 0 Å². The Hall–Kier alpha value is -0.650. The van der Waals surface area contributed by atoms with Crippen LogP contribution < -0.4 is 5.73 Å². The first-order chi connectivity index (χ1) is 8.63. The molecule has 0 aromatic heterocycles. The zero-order chi connectivity index (χ0) is 13.4. The molecule has 0 saturated carbocycles. The molecule has 1 heterocycles. The van der Waals surface area contributed by atoms with Gasteiger partial charge in [0.1, 0.15) is 0 Å². The number of hydrogen-bond donors (Lipinski definition) is 1. The van der Waals surface area contributed by atoms with Crippen LogP contribution in [-0.4, -0.2) is 68.7 Å². The molecule has 1 fully saturated rings. The second-order valence-electron chi connectivity index (χ2n) is 5.09. The molecule has 1 amide bonds. The van der Waals surface area contributed by atoms with Crippen LogP contribution in [0.15, 0.2) is 0 Å². The summed E-state index contributed by atoms with van der Waals surface area (Å²) in [5, 5.41) is 0. The van der Waals surface area contributed by atoms with Gasteiger partial charge in [-0.15, -0.1) is 0 Å². The number of nitrogens with zero attached hydrogens (tertiary/aromatic N) is 2. The number of ether oxygens (including phenoxy) is 1. The summed E-state index contributed by atoms with van der Waals surface area (Å²) in [5.41, 5.74) is 5.42. The van der Waals surface area contributed by atoms with Gasteiger partial charge >= 0.3 is 0 Å². The number of rotatable bonds is 7. The molecule has 0 radical (unpaired) electrons. The fraction of sp³-hybridized carbons (Fsp3) is 0.923. The van der Waals surface area contributed by atoms with E-state index in [1.165, 1.54) is 0 Å². The van der Waals surface area contributed by atoms with Crippen molar-refractivity contribution in [2.24, 2.45) is 5.73 Å². The summed E-state index contributed by atoms with van der Waals surface area (Å²) in [4.78, 5) is 15.5. The lowest BCUT2D eigenvalue weighted by atomic mass is 10.1. The summed E-state index contributed by atoms with van der Waals surface area (Å²) in [6.07, 6.45) is 4.15. The third-order valence-corrected chi connectivity index (χ3v) is 3.37. The Kier molecular flexibility index (Phi) is 7.23. The molecule has 106 valence electrons. The summed E-state index contributed by atoms with van der Waals surface area (Å²) in [5.74, 6) is 0.219. The molecular weight excluding hydrogens is 230 g/mol. The van der Waals surface area contributed by atoms with Crippen molar-refractivity contribution in [2.75, 3.05) is 46.9 Å². The summed E-state index contributed by atoms with van der Waals surface area (Å²) in [6.45, 7) is 4.44. The summed E-state index contributed by atoms with van der Waals surface area (Å²) in [7, 11) is 3.62. The maximum atomic E-state index is 11.4. The highest BCUT2D eigenvalue weighted by Crippen LogP contribution is 2.14. The Labute approximate surface area is 110 Å². The van der Waals surface area contributed by atoms with Gasteiger partial charge in [-0.1, -0.05) is 0 Å². The maximum absolute atomic E-state index is 11.4. The zero-order valence-corrected chi connectivity index (χ0v) is 11.7. The molecule has 1 saturated heterocycles. The molecule has 18 heavy (non-hydrogen) atoms. The third-order valence-electron chi connectivity index (χ3n) is 3.37. The predicted molar refractivity (Wildman–Crippen MR) is 72.4 cm³/mol. The SMILES string of the molecule is CN(C)C(=O)CCCN1CCC(OCCN)CC1. The van der Waals surface area contributed by atoms with E-state index in [0.717, 1.165) is 38.9 Å². The second kappa shape index (κ2) is 8.45. The number of carbonyl (C=O) groups excluding carboxylic acids is 1. The fourth-order valence-corrected chi connectivity index (χ4v) is 2.21. The molecule has 0 atom stereocenters. The molecule has 2 N–H and O–H groups in total. The number of piperidine rings is 1. The van der Waals surface area contributed by atoms with E-state index in [0.29, 0.717) is 25.7 Å². The average molecular weight is 257 g/mol. The number of carbonyl (C=O) groups is 1. The molecule has 1 rings (SSSR count). The molecule has 1 aliphatic heterocycles. The molecule has 0 aromatic rings. The van der Waals surface area contributed by atoms with Gasteiger partial charge in [0.05, 0.1) is 12.7 Å². The Balaban J connectivity index is 2.07. The lowest BCUT2D eigenvalue weighted by molar-refractivity contribution is -0.128. The maximum Gasteiger partial charge on any atom is 0.222 e. The molecule has 0 bridgehead atoms. The number of amides is 1. The van der Waals surface area contributed by atoms with Gasteiger partial charge < -0.3 is 20.3 Å². The topological polar surface area (TPSA) is 58.8 Å². The van der Waals surface area contributed by atoms with E-state index in [-0.39, 0.29) is 5.91 Å². The van der Waals surface area contributed by atoms with E-state index < -0.39 is 0 Å². The second-order valence-corrected chi connectivity index (χ2v) is 5.09. The normalized spacial score (nSPS) is 17.9. The summed E-state index contributed by atoms with van der Waals surface area (Å²) < 4.78 is 5.64. The van der Waals surface area contributed by atoms with E-state index >= 15 is 0 Å². The highest BCUT2D eigenvalue weighted by atomic mass is 16.5. The van der Waals surface area contributed by atoms with Gasteiger partial charge in [0.15, 0.2) is 0 Å². The Morgan fingerprint density at radius 3 is 2.61 bits per heavy atom. The van der Waals surface area contributed by atoms with Crippen LogP contribution in [0.4, 0.5) is 0 Å². The minimum absolute atomic E-state index is 0.219. The first-order valence-electron chi connectivity index (χ1n) is 6.87. The van der Waals surface area contributed by atoms with Crippen molar-refractivity contribution in [3.05, 3.63) is 0 Å². The van der Waals surface area contributed by atoms with E-state index in [1.54, 1.807) is 4.90 Å². The van der Waals surface area contributed by atoms with Gasteiger partial charge in [-0.25, -0.2) is 0 Å². The molecular formula is C13H27N3O2. The van der Waals surface area contributed by atoms with Gasteiger partial charge in [-0.3, -0.25) is 4.79 Å². The minimum atomic E-state index is 0.219. The van der Waals surface area contributed by atoms with E-state index in [4.69, 9.17) is 10.5 Å². The zero-order valence-electron chi connectivity index (χ0n) is 11.7. The quantitative estimate of drug-likeness (QED) is 0.712. The summed E-state index contributed by atoms with van der Waals surface area (Å²) in [6, 6.07) is 0. The van der Waals surface area contributed by atoms with Crippen molar-refractivity contribution < 1.29 is 9.53 Å². The molecule has 0 unspecified atom stereocenters. The van der Waals surface area contributed by atoms with Crippen LogP contribution in [0.3, 0.4) is 0 Å². The Morgan fingerprint density at radius 2 is 2.06 bits per heavy atom. The van der Waals surface area contributed by atoms with Crippen molar-refractivity contribution in [2.45, 2.75) is 31.8 Å². The van der Waals surface area contributed by atoms with E-state index in [1.807, 2.05) is 14.1 Å². The van der Waals surface area contributed by atoms with Crippen molar-refractivity contribution in [1.29, 1.82) is 0 Å². The number of hydrogen-bond acceptors (Lipinski definition) is 4. The molecule has 0 aromatic carbocycles. The van der Waals surface area contributed by atoms with Crippen molar-refractivity contribution in [3.63, 3.8) is 0 Å². The first kappa shape index (κ1) is 15.4. The summed E-state index contributed by atoms with van der Waals surface area (Å²) >= 11 is 0. The standard InChI is InChI=1S/C13H27N3O2/c1-15(2)13(17)4-3-8-16-9-5-12(6-10-16)18-11-7-14/h12H,3-11,14H2,1-2H3. The van der Waals surface area contributed by atoms with Gasteiger partial charge in [0, 0.05) is 40.2 Å². The van der Waals surface area contributed by atoms with E-state index in [9.17, 15) is 4.79 Å². The molecule has 1 aliphatic rings. The molecule has 5 heteroatoms. The molecule has 0 aliphatic carbocycles.